The van der Waals surface area contributed by atoms with Gasteiger partial charge in [-0.15, -0.1) is 0 Å². The number of likely N-dealkylation sites (N-methyl/N-ethyl adjacent to an activating group) is 1. The Balaban J connectivity index is 2.33. The van der Waals surface area contributed by atoms with Gasteiger partial charge in [0.15, 0.2) is 12.1 Å². The Hall–Kier alpha value is -3.44. The second-order valence-corrected chi connectivity index (χ2v) is 18.2. The number of rotatable bonds is 6. The van der Waals surface area contributed by atoms with Gasteiger partial charge in [0.05, 0.1) is 67.4 Å². The Morgan fingerprint density at radius 1 is 0.706 bits per heavy atom. The van der Waals surface area contributed by atoms with E-state index >= 15 is 0 Å². The van der Waals surface area contributed by atoms with E-state index in [2.05, 4.69) is 10.6 Å². The molecule has 0 aromatic carbocycles. The molecule has 2 aliphatic heterocycles. The van der Waals surface area contributed by atoms with E-state index < -0.39 is 128 Å². The van der Waals surface area contributed by atoms with Crippen molar-refractivity contribution in [3.63, 3.8) is 0 Å². The summed E-state index contributed by atoms with van der Waals surface area (Å²) >= 11 is 0. The molecule has 1 fully saturated rings. The number of hydrogen-bond acceptors (Lipinski definition) is 17. The minimum Gasteiger partial charge on any atom is -0.462 e. The van der Waals surface area contributed by atoms with Crippen LogP contribution in [0, 0.1) is 17.8 Å². The number of cyclic esters (lactones) is 1. The smallest absolute Gasteiger partial charge is 0.308 e. The zero-order valence-electron chi connectivity index (χ0n) is 40.4. The first-order valence-corrected chi connectivity index (χ1v) is 23.9. The van der Waals surface area contributed by atoms with Gasteiger partial charge in [0.1, 0.15) is 12.2 Å². The fourth-order valence-electron chi connectivity index (χ4n) is 7.95. The highest BCUT2D eigenvalue weighted by Crippen LogP contribution is 2.28. The molecule has 388 valence electrons. The molecule has 16 atom stereocenters. The van der Waals surface area contributed by atoms with Gasteiger partial charge in [0.25, 0.3) is 0 Å². The van der Waals surface area contributed by atoms with Crippen LogP contribution in [0.2, 0.25) is 0 Å². The third kappa shape index (κ3) is 23.4. The first kappa shape index (κ1) is 60.7. The quantitative estimate of drug-likeness (QED) is 0.130. The van der Waals surface area contributed by atoms with Gasteiger partial charge < -0.3 is 81.6 Å². The predicted octanol–water partition coefficient (Wildman–Crippen LogP) is 0.976. The van der Waals surface area contributed by atoms with Crippen LogP contribution in [-0.2, 0) is 23.8 Å². The summed E-state index contributed by atoms with van der Waals surface area (Å²) in [6.07, 6.45) is 10.2. The molecule has 0 aromatic rings. The molecular formula is C50H83N3O15. The monoisotopic (exact) mass is 966 g/mol. The van der Waals surface area contributed by atoms with Crippen molar-refractivity contribution in [2.45, 2.75) is 177 Å². The van der Waals surface area contributed by atoms with Gasteiger partial charge in [-0.25, -0.2) is 0 Å². The van der Waals surface area contributed by atoms with E-state index in [1.807, 2.05) is 67.7 Å². The van der Waals surface area contributed by atoms with Crippen LogP contribution >= 0.6 is 0 Å². The molecule has 0 spiro atoms. The summed E-state index contributed by atoms with van der Waals surface area (Å²) in [5.74, 6) is -5.11. The maximum atomic E-state index is 13.4. The summed E-state index contributed by atoms with van der Waals surface area (Å²) in [5, 5.41) is 113. The van der Waals surface area contributed by atoms with Gasteiger partial charge in [-0.2, -0.15) is 0 Å². The van der Waals surface area contributed by atoms with Gasteiger partial charge in [0.2, 0.25) is 5.91 Å². The summed E-state index contributed by atoms with van der Waals surface area (Å²) in [4.78, 5) is 26.0. The molecule has 2 heterocycles. The highest BCUT2D eigenvalue weighted by Gasteiger charge is 2.43. The Kier molecular flexibility index (Phi) is 29.0. The summed E-state index contributed by atoms with van der Waals surface area (Å²) in [5.41, 5.74) is 5.64. The van der Waals surface area contributed by atoms with E-state index in [1.54, 1.807) is 52.1 Å². The number of esters is 1. The van der Waals surface area contributed by atoms with E-state index in [1.165, 1.54) is 0 Å². The number of nitrogens with one attached hydrogen (secondary N) is 2. The zero-order chi connectivity index (χ0) is 50.8. The molecule has 11 unspecified atom stereocenters. The summed E-state index contributed by atoms with van der Waals surface area (Å²) < 4.78 is 17.6. The van der Waals surface area contributed by atoms with Crippen molar-refractivity contribution < 1.29 is 74.9 Å². The van der Waals surface area contributed by atoms with Gasteiger partial charge in [-0.1, -0.05) is 98.9 Å². The van der Waals surface area contributed by atoms with Crippen molar-refractivity contribution in [2.75, 3.05) is 20.1 Å². The third-order valence-corrected chi connectivity index (χ3v) is 12.4. The molecule has 2 aliphatic rings. The van der Waals surface area contributed by atoms with Crippen LogP contribution in [0.3, 0.4) is 0 Å². The number of hydrogen-bond donors (Lipinski definition) is 13. The fourth-order valence-corrected chi connectivity index (χ4v) is 7.95. The molecule has 0 aromatic heterocycles. The molecule has 18 heteroatoms. The number of allylic oxidation sites excluding steroid dienone is 12. The molecule has 2 rings (SSSR count). The second-order valence-electron chi connectivity index (χ2n) is 18.2. The van der Waals surface area contributed by atoms with Crippen molar-refractivity contribution in [1.82, 2.24) is 10.6 Å². The van der Waals surface area contributed by atoms with Gasteiger partial charge in [-0.3, -0.25) is 9.59 Å². The number of aliphatic hydroxyl groups excluding tert-OH is 8. The average Bonchev–Trinajstić information content (AvgIpc) is 3.27. The summed E-state index contributed by atoms with van der Waals surface area (Å²) in [6, 6.07) is -0.746. The van der Waals surface area contributed by atoms with Crippen LogP contribution in [0.5, 0.6) is 0 Å². The number of nitrogens with two attached hydrogens (primary N) is 1. The lowest BCUT2D eigenvalue weighted by atomic mass is 9.89. The minimum absolute atomic E-state index is 0.0475. The van der Waals surface area contributed by atoms with Crippen molar-refractivity contribution in [1.29, 1.82) is 0 Å². The van der Waals surface area contributed by atoms with Crippen LogP contribution in [0.1, 0.15) is 91.9 Å². The van der Waals surface area contributed by atoms with Crippen molar-refractivity contribution in [3.8, 4) is 0 Å². The van der Waals surface area contributed by atoms with E-state index in [0.717, 1.165) is 0 Å². The first-order valence-electron chi connectivity index (χ1n) is 23.9. The molecule has 0 bridgehead atoms. The van der Waals surface area contributed by atoms with E-state index in [4.69, 9.17) is 19.9 Å². The molecule has 0 saturated carbocycles. The number of ether oxygens (including phenoxy) is 3. The van der Waals surface area contributed by atoms with Crippen LogP contribution < -0.4 is 16.4 Å². The minimum atomic E-state index is -2.49. The van der Waals surface area contributed by atoms with Crippen LogP contribution in [0.25, 0.3) is 0 Å². The maximum Gasteiger partial charge on any atom is 0.308 e. The van der Waals surface area contributed by atoms with E-state index in [-0.39, 0.29) is 64.0 Å². The van der Waals surface area contributed by atoms with Crippen molar-refractivity contribution >= 4 is 11.9 Å². The number of carbonyl (C=O) groups excluding carboxylic acids is 2. The maximum absolute atomic E-state index is 13.4. The lowest BCUT2D eigenvalue weighted by Crippen LogP contribution is -2.62. The zero-order valence-corrected chi connectivity index (χ0v) is 40.4. The predicted molar refractivity (Wildman–Crippen MR) is 257 cm³/mol. The molecule has 1 saturated heterocycles. The Bertz CT molecular complexity index is 1650. The van der Waals surface area contributed by atoms with Gasteiger partial charge in [-0.05, 0) is 59.4 Å². The van der Waals surface area contributed by atoms with E-state index in [0.29, 0.717) is 0 Å². The number of aliphatic hydroxyl groups is 10. The molecule has 1 amide bonds. The van der Waals surface area contributed by atoms with Gasteiger partial charge in [0, 0.05) is 50.1 Å². The first-order chi connectivity index (χ1) is 32.2. The molecule has 0 aliphatic carbocycles. The lowest BCUT2D eigenvalue weighted by Gasteiger charge is -2.42. The normalized spacial score (nSPS) is 39.9. The molecular weight excluding hydrogens is 883 g/mol. The second kappa shape index (κ2) is 32.4. The molecule has 18 nitrogen and oxygen atoms in total. The fraction of sp³-hybridized carbons (Fsp3) is 0.680. The van der Waals surface area contributed by atoms with Crippen LogP contribution in [0.4, 0.5) is 0 Å². The van der Waals surface area contributed by atoms with E-state index in [9.17, 15) is 60.7 Å². The number of carbonyl (C=O) groups is 2. The summed E-state index contributed by atoms with van der Waals surface area (Å²) in [7, 11) is 1.60. The van der Waals surface area contributed by atoms with Gasteiger partial charge >= 0.3 is 5.97 Å². The third-order valence-electron chi connectivity index (χ3n) is 12.4. The Morgan fingerprint density at radius 2 is 1.29 bits per heavy atom. The Labute approximate surface area is 402 Å². The summed E-state index contributed by atoms with van der Waals surface area (Å²) in [6.45, 7) is 7.23. The van der Waals surface area contributed by atoms with Crippen molar-refractivity contribution in [2.24, 2.45) is 23.5 Å². The molecule has 0 radical (unpaired) electrons. The van der Waals surface area contributed by atoms with Crippen LogP contribution in [0.15, 0.2) is 85.1 Å². The van der Waals surface area contributed by atoms with Crippen molar-refractivity contribution in [3.05, 3.63) is 85.1 Å². The Morgan fingerprint density at radius 3 is 1.88 bits per heavy atom. The SMILES string of the molecule is CN[C@H]1C(O)C(C)OC(OC2/C=C/C=C/C=C/C=C/C=C/C=C/C=C/[C@H](C)C(O)[C@@H](C)[C@H](C)OC(=O)CC(O)CC(O)CCC(O)C(O)CC(O)CC(O)(O)CCC(C(=O)NCCN)CC2)[C@H]1O. The highest BCUT2D eigenvalue weighted by molar-refractivity contribution is 5.78. The topological polar surface area (TPSA) is 314 Å². The highest BCUT2D eigenvalue weighted by atomic mass is 16.7. The largest absolute Gasteiger partial charge is 0.462 e. The lowest BCUT2D eigenvalue weighted by molar-refractivity contribution is -0.279. The molecule has 68 heavy (non-hydrogen) atoms. The average molecular weight is 966 g/mol. The van der Waals surface area contributed by atoms with Crippen LogP contribution in [-0.4, -0.2) is 168 Å². The number of amides is 1. The molecule has 14 N–H and O–H groups in total. The standard InChI is InChI=1S/C50H83N3O15/c1-32-18-16-14-12-10-8-6-7-9-11-13-15-17-19-40(68-49-47(62)44(52-5)46(61)35(4)67-49)22-20-36(48(63)53-27-26-51)24-25-50(64,65)31-39(56)29-42(58)41(57)23-21-37(54)28-38(55)30-43(59)66-34(3)33(2)45(32)60/h6-19,32-42,44-47,49,52,54-58,60-62,64-65H,20-31,51H2,1-5H3,(H,53,63)/b7-6+,10-8+,11-9+,14-12+,15-13+,18-16+,19-17+/t32-,33-,34-,35?,36?,37?,38?,39?,40?,41?,42?,44-,45?,46?,47-,49?/m0/s1.